The zero-order valence-corrected chi connectivity index (χ0v) is 11.6. The molecule has 0 aliphatic carbocycles. The molecular weight excluding hydrogens is 262 g/mol. The number of thiazole rings is 1. The van der Waals surface area contributed by atoms with Gasteiger partial charge >= 0.3 is 0 Å². The van der Waals surface area contributed by atoms with Crippen molar-refractivity contribution in [3.8, 4) is 5.75 Å². The first kappa shape index (κ1) is 13.4. The summed E-state index contributed by atoms with van der Waals surface area (Å²) in [5.41, 5.74) is 6.93. The van der Waals surface area contributed by atoms with Crippen molar-refractivity contribution in [2.24, 2.45) is 0 Å². The van der Waals surface area contributed by atoms with Crippen molar-refractivity contribution in [2.45, 2.75) is 13.8 Å². The van der Waals surface area contributed by atoms with E-state index in [1.165, 1.54) is 11.3 Å². The molecule has 1 aromatic carbocycles. The van der Waals surface area contributed by atoms with Crippen molar-refractivity contribution in [2.75, 3.05) is 17.7 Å². The van der Waals surface area contributed by atoms with E-state index in [-0.39, 0.29) is 5.91 Å². The highest BCUT2D eigenvalue weighted by Crippen LogP contribution is 2.22. The third kappa shape index (κ3) is 3.23. The third-order valence-corrected chi connectivity index (χ3v) is 3.43. The molecule has 0 aliphatic rings. The van der Waals surface area contributed by atoms with Crippen molar-refractivity contribution in [1.29, 1.82) is 0 Å². The number of carbonyl (C=O) groups excluding carboxylic acids is 1. The number of nitrogens with one attached hydrogen (secondary N) is 1. The van der Waals surface area contributed by atoms with Gasteiger partial charge in [0, 0.05) is 5.69 Å². The molecule has 6 heteroatoms. The molecule has 2 aromatic rings. The number of anilines is 2. The molecule has 0 aliphatic heterocycles. The number of carbonyl (C=O) groups is 1. The molecule has 0 unspecified atom stereocenters. The van der Waals surface area contributed by atoms with E-state index in [2.05, 4.69) is 10.3 Å². The summed E-state index contributed by atoms with van der Waals surface area (Å²) in [4.78, 5) is 16.6. The number of rotatable bonds is 4. The van der Waals surface area contributed by atoms with Gasteiger partial charge in [-0.05, 0) is 38.1 Å². The zero-order chi connectivity index (χ0) is 13.8. The van der Waals surface area contributed by atoms with E-state index in [0.717, 1.165) is 5.75 Å². The molecule has 0 atom stereocenters. The van der Waals surface area contributed by atoms with E-state index in [1.807, 2.05) is 19.1 Å². The van der Waals surface area contributed by atoms with Crippen molar-refractivity contribution < 1.29 is 9.53 Å². The highest BCUT2D eigenvalue weighted by Gasteiger charge is 2.14. The second-order valence-electron chi connectivity index (χ2n) is 3.88. The fourth-order valence-electron chi connectivity index (χ4n) is 1.62. The van der Waals surface area contributed by atoms with E-state index in [1.54, 1.807) is 19.1 Å². The fourth-order valence-corrected chi connectivity index (χ4v) is 2.35. The van der Waals surface area contributed by atoms with Crippen molar-refractivity contribution in [3.63, 3.8) is 0 Å². The van der Waals surface area contributed by atoms with E-state index in [9.17, 15) is 4.79 Å². The Hall–Kier alpha value is -2.08. The number of ether oxygens (including phenoxy) is 1. The molecule has 0 saturated heterocycles. The van der Waals surface area contributed by atoms with Crippen LogP contribution < -0.4 is 15.8 Å². The summed E-state index contributed by atoms with van der Waals surface area (Å²) in [6, 6.07) is 7.21. The van der Waals surface area contributed by atoms with Gasteiger partial charge in [0.05, 0.1) is 12.3 Å². The molecule has 2 rings (SSSR count). The van der Waals surface area contributed by atoms with Gasteiger partial charge in [-0.3, -0.25) is 4.79 Å². The Morgan fingerprint density at radius 3 is 2.63 bits per heavy atom. The lowest BCUT2D eigenvalue weighted by Gasteiger charge is -2.06. The quantitative estimate of drug-likeness (QED) is 0.900. The van der Waals surface area contributed by atoms with Crippen LogP contribution in [0.3, 0.4) is 0 Å². The number of nitrogens with two attached hydrogens (primary N) is 1. The molecule has 100 valence electrons. The summed E-state index contributed by atoms with van der Waals surface area (Å²) in [7, 11) is 0. The molecule has 0 saturated carbocycles. The average Bonchev–Trinajstić information content (AvgIpc) is 2.71. The maximum atomic E-state index is 12.0. The average molecular weight is 277 g/mol. The second kappa shape index (κ2) is 5.71. The maximum Gasteiger partial charge on any atom is 0.267 e. The van der Waals surface area contributed by atoms with Gasteiger partial charge in [0.15, 0.2) is 5.13 Å². The Balaban J connectivity index is 2.08. The van der Waals surface area contributed by atoms with Crippen LogP contribution in [-0.4, -0.2) is 17.5 Å². The molecule has 1 heterocycles. The summed E-state index contributed by atoms with van der Waals surface area (Å²) in [6.07, 6.45) is 0. The lowest BCUT2D eigenvalue weighted by Crippen LogP contribution is -2.11. The number of aryl methyl sites for hydroxylation is 1. The standard InChI is InChI=1S/C13H15N3O2S/c1-3-18-10-6-4-9(5-7-10)16-12(17)11-8(2)15-13(14)19-11/h4-7H,3H2,1-2H3,(H2,14,15)(H,16,17). The predicted octanol–water partition coefficient (Wildman–Crippen LogP) is 2.68. The summed E-state index contributed by atoms with van der Waals surface area (Å²) in [5.74, 6) is 0.578. The zero-order valence-electron chi connectivity index (χ0n) is 10.8. The second-order valence-corrected chi connectivity index (χ2v) is 4.91. The Morgan fingerprint density at radius 2 is 2.11 bits per heavy atom. The van der Waals surface area contributed by atoms with Crippen LogP contribution in [0.25, 0.3) is 0 Å². The lowest BCUT2D eigenvalue weighted by molar-refractivity contribution is 0.103. The first-order chi connectivity index (χ1) is 9.10. The minimum Gasteiger partial charge on any atom is -0.494 e. The third-order valence-electron chi connectivity index (χ3n) is 2.44. The minimum atomic E-state index is -0.198. The smallest absolute Gasteiger partial charge is 0.267 e. The highest BCUT2D eigenvalue weighted by molar-refractivity contribution is 7.17. The summed E-state index contributed by atoms with van der Waals surface area (Å²) in [6.45, 7) is 4.30. The molecule has 1 amide bonds. The normalized spacial score (nSPS) is 10.2. The van der Waals surface area contributed by atoms with Gasteiger partial charge in [-0.2, -0.15) is 0 Å². The van der Waals surface area contributed by atoms with Crippen LogP contribution in [-0.2, 0) is 0 Å². The Bertz CT molecular complexity index is 578. The van der Waals surface area contributed by atoms with Crippen LogP contribution in [0.5, 0.6) is 5.75 Å². The van der Waals surface area contributed by atoms with Crippen molar-refractivity contribution in [1.82, 2.24) is 4.98 Å². The molecular formula is C13H15N3O2S. The van der Waals surface area contributed by atoms with Crippen LogP contribution in [0.4, 0.5) is 10.8 Å². The largest absolute Gasteiger partial charge is 0.494 e. The van der Waals surface area contributed by atoms with Crippen LogP contribution in [0, 0.1) is 6.92 Å². The van der Waals surface area contributed by atoms with Crippen LogP contribution in [0.15, 0.2) is 24.3 Å². The summed E-state index contributed by atoms with van der Waals surface area (Å²) < 4.78 is 5.34. The monoisotopic (exact) mass is 277 g/mol. The van der Waals surface area contributed by atoms with E-state index >= 15 is 0 Å². The van der Waals surface area contributed by atoms with Crippen LogP contribution in [0.2, 0.25) is 0 Å². The maximum absolute atomic E-state index is 12.0. The fraction of sp³-hybridized carbons (Fsp3) is 0.231. The lowest BCUT2D eigenvalue weighted by atomic mass is 10.3. The van der Waals surface area contributed by atoms with Crippen molar-refractivity contribution in [3.05, 3.63) is 34.8 Å². The van der Waals surface area contributed by atoms with Gasteiger partial charge in [0.2, 0.25) is 0 Å². The van der Waals surface area contributed by atoms with E-state index in [0.29, 0.717) is 28.0 Å². The summed E-state index contributed by atoms with van der Waals surface area (Å²) >= 11 is 1.18. The topological polar surface area (TPSA) is 77.2 Å². The van der Waals surface area contributed by atoms with Gasteiger partial charge in [0.1, 0.15) is 10.6 Å². The molecule has 0 spiro atoms. The molecule has 0 bridgehead atoms. The number of amides is 1. The predicted molar refractivity (Wildman–Crippen MR) is 76.8 cm³/mol. The highest BCUT2D eigenvalue weighted by atomic mass is 32.1. The van der Waals surface area contributed by atoms with Gasteiger partial charge < -0.3 is 15.8 Å². The number of hydrogen-bond acceptors (Lipinski definition) is 5. The number of nitrogens with zero attached hydrogens (tertiary/aromatic N) is 1. The Kier molecular flexibility index (Phi) is 4.01. The van der Waals surface area contributed by atoms with Crippen LogP contribution in [0.1, 0.15) is 22.3 Å². The van der Waals surface area contributed by atoms with E-state index in [4.69, 9.17) is 10.5 Å². The molecule has 19 heavy (non-hydrogen) atoms. The first-order valence-electron chi connectivity index (χ1n) is 5.87. The number of aromatic nitrogens is 1. The van der Waals surface area contributed by atoms with E-state index < -0.39 is 0 Å². The van der Waals surface area contributed by atoms with Crippen molar-refractivity contribution >= 4 is 28.1 Å². The minimum absolute atomic E-state index is 0.198. The molecule has 3 N–H and O–H groups in total. The van der Waals surface area contributed by atoms with Gasteiger partial charge in [-0.25, -0.2) is 4.98 Å². The number of hydrogen-bond donors (Lipinski definition) is 2. The van der Waals surface area contributed by atoms with Gasteiger partial charge in [-0.1, -0.05) is 11.3 Å². The molecule has 0 fully saturated rings. The molecule has 5 nitrogen and oxygen atoms in total. The van der Waals surface area contributed by atoms with Gasteiger partial charge in [-0.15, -0.1) is 0 Å². The number of benzene rings is 1. The van der Waals surface area contributed by atoms with Crippen LogP contribution >= 0.6 is 11.3 Å². The molecule has 0 radical (unpaired) electrons. The Morgan fingerprint density at radius 1 is 1.42 bits per heavy atom. The number of nitrogen functional groups attached to an aromatic ring is 1. The van der Waals surface area contributed by atoms with Gasteiger partial charge in [0.25, 0.3) is 5.91 Å². The summed E-state index contributed by atoms with van der Waals surface area (Å²) in [5, 5.41) is 3.20. The SMILES string of the molecule is CCOc1ccc(NC(=O)c2sc(N)nc2C)cc1. The first-order valence-corrected chi connectivity index (χ1v) is 6.69. The molecule has 1 aromatic heterocycles. The Labute approximate surface area is 115 Å².